The number of ether oxygens (including phenoxy) is 1. The minimum absolute atomic E-state index is 0.472. The predicted octanol–water partition coefficient (Wildman–Crippen LogP) is 3.91. The van der Waals surface area contributed by atoms with Crippen molar-refractivity contribution in [3.05, 3.63) is 77.5 Å². The summed E-state index contributed by atoms with van der Waals surface area (Å²) in [5, 5.41) is 0.520. The average Bonchev–Trinajstić information content (AvgIpc) is 2.49. The molecule has 5 heteroatoms. The summed E-state index contributed by atoms with van der Waals surface area (Å²) >= 11 is 5.87. The van der Waals surface area contributed by atoms with Gasteiger partial charge in [0.25, 0.3) is 0 Å². The van der Waals surface area contributed by atoms with Crippen molar-refractivity contribution in [2.45, 2.75) is 6.42 Å². The molecule has 2 heterocycles. The van der Waals surface area contributed by atoms with Gasteiger partial charge in [0, 0.05) is 30.9 Å². The second-order valence-electron chi connectivity index (χ2n) is 4.41. The van der Waals surface area contributed by atoms with Crippen molar-refractivity contribution in [2.75, 3.05) is 0 Å². The highest BCUT2D eigenvalue weighted by Crippen LogP contribution is 2.21. The van der Waals surface area contributed by atoms with Crippen LogP contribution in [0.2, 0.25) is 5.02 Å². The second-order valence-corrected chi connectivity index (χ2v) is 4.85. The topological polar surface area (TPSA) is 47.9 Å². The largest absolute Gasteiger partial charge is 0.437 e. The predicted molar refractivity (Wildman–Crippen MR) is 80.6 cm³/mol. The molecule has 4 nitrogen and oxygen atoms in total. The van der Waals surface area contributed by atoms with Crippen LogP contribution in [0.5, 0.6) is 11.6 Å². The van der Waals surface area contributed by atoms with Gasteiger partial charge in [-0.2, -0.15) is 4.98 Å². The highest BCUT2D eigenvalue weighted by Gasteiger charge is 2.04. The lowest BCUT2D eigenvalue weighted by Gasteiger charge is -2.06. The van der Waals surface area contributed by atoms with Gasteiger partial charge in [-0.1, -0.05) is 41.9 Å². The van der Waals surface area contributed by atoms with E-state index < -0.39 is 0 Å². The Bertz CT molecular complexity index is 734. The monoisotopic (exact) mass is 297 g/mol. The minimum Gasteiger partial charge on any atom is -0.437 e. The molecule has 0 saturated heterocycles. The Labute approximate surface area is 127 Å². The SMILES string of the molecule is Clc1cncc(Oc2ccnc(Cc3ccccc3)n2)c1. The highest BCUT2D eigenvalue weighted by atomic mass is 35.5. The van der Waals surface area contributed by atoms with Crippen molar-refractivity contribution in [2.24, 2.45) is 0 Å². The number of nitrogens with zero attached hydrogens (tertiary/aromatic N) is 3. The van der Waals surface area contributed by atoms with Crippen LogP contribution in [0.25, 0.3) is 0 Å². The van der Waals surface area contributed by atoms with Gasteiger partial charge in [-0.25, -0.2) is 4.98 Å². The summed E-state index contributed by atoms with van der Waals surface area (Å²) in [6.45, 7) is 0. The van der Waals surface area contributed by atoms with Crippen LogP contribution in [0, 0.1) is 0 Å². The van der Waals surface area contributed by atoms with E-state index in [4.69, 9.17) is 16.3 Å². The lowest BCUT2D eigenvalue weighted by atomic mass is 10.1. The van der Waals surface area contributed by atoms with E-state index in [1.54, 1.807) is 30.7 Å². The third kappa shape index (κ3) is 3.77. The molecule has 0 aliphatic carbocycles. The maximum atomic E-state index is 5.87. The molecule has 0 bridgehead atoms. The van der Waals surface area contributed by atoms with E-state index in [-0.39, 0.29) is 0 Å². The molecular weight excluding hydrogens is 286 g/mol. The quantitative estimate of drug-likeness (QED) is 0.732. The van der Waals surface area contributed by atoms with E-state index in [0.717, 1.165) is 5.56 Å². The van der Waals surface area contributed by atoms with E-state index in [1.165, 1.54) is 0 Å². The van der Waals surface area contributed by atoms with Crippen LogP contribution in [0.3, 0.4) is 0 Å². The van der Waals surface area contributed by atoms with Gasteiger partial charge in [-0.15, -0.1) is 0 Å². The molecule has 0 amide bonds. The van der Waals surface area contributed by atoms with E-state index >= 15 is 0 Å². The Morgan fingerprint density at radius 2 is 1.90 bits per heavy atom. The first-order chi connectivity index (χ1) is 10.3. The molecule has 0 aliphatic rings. The first kappa shape index (κ1) is 13.5. The lowest BCUT2D eigenvalue weighted by Crippen LogP contribution is -1.98. The second kappa shape index (κ2) is 6.33. The zero-order valence-corrected chi connectivity index (χ0v) is 11.9. The maximum Gasteiger partial charge on any atom is 0.222 e. The molecule has 2 aromatic heterocycles. The number of aromatic nitrogens is 3. The van der Waals surface area contributed by atoms with Gasteiger partial charge < -0.3 is 4.74 Å². The Balaban J connectivity index is 1.77. The van der Waals surface area contributed by atoms with Gasteiger partial charge in [0.2, 0.25) is 5.88 Å². The van der Waals surface area contributed by atoms with Gasteiger partial charge in [-0.05, 0) is 5.56 Å². The number of benzene rings is 1. The molecular formula is C16H12ClN3O. The Hall–Kier alpha value is -2.46. The van der Waals surface area contributed by atoms with Crippen molar-refractivity contribution < 1.29 is 4.74 Å². The summed E-state index contributed by atoms with van der Waals surface area (Å²) in [6.07, 6.45) is 5.48. The molecule has 0 N–H and O–H groups in total. The molecule has 0 fully saturated rings. The van der Waals surface area contributed by atoms with Crippen LogP contribution in [-0.2, 0) is 6.42 Å². The van der Waals surface area contributed by atoms with E-state index in [1.807, 2.05) is 30.3 Å². The number of rotatable bonds is 4. The molecule has 1 aromatic carbocycles. The molecule has 0 aliphatic heterocycles. The normalized spacial score (nSPS) is 10.3. The number of hydrogen-bond donors (Lipinski definition) is 0. The fourth-order valence-electron chi connectivity index (χ4n) is 1.87. The van der Waals surface area contributed by atoms with Crippen molar-refractivity contribution in [1.29, 1.82) is 0 Å². The Morgan fingerprint density at radius 3 is 2.71 bits per heavy atom. The summed E-state index contributed by atoms with van der Waals surface area (Å²) in [5.74, 6) is 1.72. The molecule has 0 atom stereocenters. The summed E-state index contributed by atoms with van der Waals surface area (Å²) < 4.78 is 5.64. The minimum atomic E-state index is 0.472. The summed E-state index contributed by atoms with van der Waals surface area (Å²) in [5.41, 5.74) is 1.15. The van der Waals surface area contributed by atoms with Crippen molar-refractivity contribution >= 4 is 11.6 Å². The molecule has 104 valence electrons. The standard InChI is InChI=1S/C16H12ClN3O/c17-13-9-14(11-18-10-13)21-16-6-7-19-15(20-16)8-12-4-2-1-3-5-12/h1-7,9-11H,8H2. The number of halogens is 1. The third-order valence-corrected chi connectivity index (χ3v) is 2.99. The maximum absolute atomic E-state index is 5.87. The van der Waals surface area contributed by atoms with Crippen molar-refractivity contribution in [3.8, 4) is 11.6 Å². The van der Waals surface area contributed by atoms with E-state index in [2.05, 4.69) is 15.0 Å². The highest BCUT2D eigenvalue weighted by molar-refractivity contribution is 6.30. The Morgan fingerprint density at radius 1 is 1.05 bits per heavy atom. The van der Waals surface area contributed by atoms with Crippen LogP contribution < -0.4 is 4.74 Å². The smallest absolute Gasteiger partial charge is 0.222 e. The average molecular weight is 298 g/mol. The van der Waals surface area contributed by atoms with E-state index in [9.17, 15) is 0 Å². The van der Waals surface area contributed by atoms with Crippen LogP contribution in [-0.4, -0.2) is 15.0 Å². The molecule has 0 radical (unpaired) electrons. The molecule has 21 heavy (non-hydrogen) atoms. The Kier molecular flexibility index (Phi) is 4.07. The van der Waals surface area contributed by atoms with Crippen LogP contribution >= 0.6 is 11.6 Å². The zero-order chi connectivity index (χ0) is 14.5. The molecule has 3 aromatic rings. The van der Waals surface area contributed by atoms with Crippen molar-refractivity contribution in [3.63, 3.8) is 0 Å². The molecule has 0 spiro atoms. The van der Waals surface area contributed by atoms with Crippen LogP contribution in [0.15, 0.2) is 61.1 Å². The van der Waals surface area contributed by atoms with Crippen molar-refractivity contribution in [1.82, 2.24) is 15.0 Å². The van der Waals surface area contributed by atoms with Gasteiger partial charge in [0.15, 0.2) is 0 Å². The van der Waals surface area contributed by atoms with E-state index in [0.29, 0.717) is 28.9 Å². The van der Waals surface area contributed by atoms with Crippen LogP contribution in [0.4, 0.5) is 0 Å². The van der Waals surface area contributed by atoms with Crippen LogP contribution in [0.1, 0.15) is 11.4 Å². The van der Waals surface area contributed by atoms with Gasteiger partial charge in [-0.3, -0.25) is 4.98 Å². The number of hydrogen-bond acceptors (Lipinski definition) is 4. The first-order valence-corrected chi connectivity index (χ1v) is 6.82. The molecule has 3 rings (SSSR count). The number of pyridine rings is 1. The summed E-state index contributed by atoms with van der Waals surface area (Å²) in [7, 11) is 0. The van der Waals surface area contributed by atoms with Gasteiger partial charge in [0.05, 0.1) is 11.2 Å². The van der Waals surface area contributed by atoms with Gasteiger partial charge in [0.1, 0.15) is 11.6 Å². The summed E-state index contributed by atoms with van der Waals surface area (Å²) in [6, 6.07) is 13.4. The lowest BCUT2D eigenvalue weighted by molar-refractivity contribution is 0.457. The van der Waals surface area contributed by atoms with Gasteiger partial charge >= 0.3 is 0 Å². The fraction of sp³-hybridized carbons (Fsp3) is 0.0625. The summed E-state index contributed by atoms with van der Waals surface area (Å²) in [4.78, 5) is 12.6. The third-order valence-electron chi connectivity index (χ3n) is 2.79. The zero-order valence-electron chi connectivity index (χ0n) is 11.1. The first-order valence-electron chi connectivity index (χ1n) is 6.44. The fourth-order valence-corrected chi connectivity index (χ4v) is 2.03. The molecule has 0 saturated carbocycles. The molecule has 0 unspecified atom stereocenters.